The Balaban J connectivity index is 2.32. The lowest BCUT2D eigenvalue weighted by Gasteiger charge is -2.19. The van der Waals surface area contributed by atoms with Crippen LogP contribution in [0.2, 0.25) is 0 Å². The van der Waals surface area contributed by atoms with Gasteiger partial charge in [-0.15, -0.1) is 23.5 Å². The molecule has 1 aromatic carbocycles. The number of fused-ring (bicyclic) bond motifs is 1. The number of carboxylic acids is 1. The Morgan fingerprint density at radius 1 is 1.25 bits per heavy atom. The van der Waals surface area contributed by atoms with Gasteiger partial charge in [0, 0.05) is 21.3 Å². The molecule has 86 valence electrons. The minimum absolute atomic E-state index is 0.303. The quantitative estimate of drug-likeness (QED) is 0.830. The number of hydrogen-bond donors (Lipinski definition) is 1. The smallest absolute Gasteiger partial charge is 0.335 e. The van der Waals surface area contributed by atoms with E-state index >= 15 is 0 Å². The first kappa shape index (κ1) is 11.9. The van der Waals surface area contributed by atoms with Gasteiger partial charge in [-0.05, 0) is 23.6 Å². The van der Waals surface area contributed by atoms with E-state index in [2.05, 4.69) is 13.8 Å². The Hall–Kier alpha value is -0.610. The van der Waals surface area contributed by atoms with Crippen LogP contribution in [0.15, 0.2) is 28.0 Å². The van der Waals surface area contributed by atoms with E-state index in [-0.39, 0.29) is 0 Å². The third-order valence-electron chi connectivity index (χ3n) is 2.43. The third-order valence-corrected chi connectivity index (χ3v) is 5.72. The summed E-state index contributed by atoms with van der Waals surface area (Å²) in [6.07, 6.45) is 0. The van der Waals surface area contributed by atoms with Crippen LogP contribution >= 0.6 is 23.5 Å². The average molecular weight is 254 g/mol. The van der Waals surface area contributed by atoms with Crippen molar-refractivity contribution in [2.45, 2.75) is 23.6 Å². The third kappa shape index (κ3) is 2.55. The van der Waals surface area contributed by atoms with Crippen molar-refractivity contribution in [1.29, 1.82) is 0 Å². The number of hydrogen-bond acceptors (Lipinski definition) is 3. The highest BCUT2D eigenvalue weighted by molar-refractivity contribution is 8.03. The number of benzene rings is 1. The lowest BCUT2D eigenvalue weighted by atomic mass is 10.0. The van der Waals surface area contributed by atoms with Gasteiger partial charge in [0.1, 0.15) is 0 Å². The highest BCUT2D eigenvalue weighted by Crippen LogP contribution is 2.42. The molecule has 0 radical (unpaired) electrons. The number of aromatic carboxylic acids is 1. The zero-order valence-electron chi connectivity index (χ0n) is 9.32. The Bertz CT molecular complexity index is 427. The van der Waals surface area contributed by atoms with Crippen molar-refractivity contribution in [2.75, 3.05) is 11.5 Å². The lowest BCUT2D eigenvalue weighted by Crippen LogP contribution is -2.16. The Morgan fingerprint density at radius 3 is 2.50 bits per heavy atom. The summed E-state index contributed by atoms with van der Waals surface area (Å²) in [5.74, 6) is 1.27. The molecule has 16 heavy (non-hydrogen) atoms. The maximum atomic E-state index is 10.9. The van der Waals surface area contributed by atoms with Gasteiger partial charge < -0.3 is 5.11 Å². The van der Waals surface area contributed by atoms with Gasteiger partial charge in [-0.1, -0.05) is 13.8 Å². The van der Waals surface area contributed by atoms with Crippen LogP contribution in [-0.2, 0) is 0 Å². The van der Waals surface area contributed by atoms with E-state index in [1.807, 2.05) is 17.8 Å². The summed E-state index contributed by atoms with van der Waals surface area (Å²) >= 11 is 3.59. The lowest BCUT2D eigenvalue weighted by molar-refractivity contribution is 0.0696. The topological polar surface area (TPSA) is 37.3 Å². The minimum Gasteiger partial charge on any atom is -0.478 e. The SMILES string of the molecule is CC1(C)CSc2ccc(C(=O)O)cc2SC1. The summed E-state index contributed by atoms with van der Waals surface area (Å²) in [5.41, 5.74) is 0.684. The molecule has 1 heterocycles. The minimum atomic E-state index is -0.850. The molecule has 1 aliphatic heterocycles. The fourth-order valence-electron chi connectivity index (χ4n) is 1.46. The first-order valence-electron chi connectivity index (χ1n) is 5.11. The van der Waals surface area contributed by atoms with Gasteiger partial charge in [0.2, 0.25) is 0 Å². The Kier molecular flexibility index (Phi) is 3.22. The predicted molar refractivity (Wildman–Crippen MR) is 68.6 cm³/mol. The fraction of sp³-hybridized carbons (Fsp3) is 0.417. The van der Waals surface area contributed by atoms with Crippen LogP contribution in [0.4, 0.5) is 0 Å². The molecule has 4 heteroatoms. The molecule has 0 unspecified atom stereocenters. The summed E-state index contributed by atoms with van der Waals surface area (Å²) in [7, 11) is 0. The van der Waals surface area contributed by atoms with Gasteiger partial charge in [0.15, 0.2) is 0 Å². The number of carboxylic acid groups (broad SMARTS) is 1. The molecule has 1 aliphatic rings. The van der Waals surface area contributed by atoms with E-state index in [0.29, 0.717) is 11.0 Å². The van der Waals surface area contributed by atoms with E-state index < -0.39 is 5.97 Å². The Morgan fingerprint density at radius 2 is 1.88 bits per heavy atom. The number of carbonyl (C=O) groups is 1. The van der Waals surface area contributed by atoms with Crippen LogP contribution in [0.5, 0.6) is 0 Å². The standard InChI is InChI=1S/C12H14O2S2/c1-12(2)6-15-9-4-3-8(11(13)14)5-10(9)16-7-12/h3-5H,6-7H2,1-2H3,(H,13,14). The average Bonchev–Trinajstić information content (AvgIpc) is 2.38. The maximum Gasteiger partial charge on any atom is 0.335 e. The number of rotatable bonds is 1. The molecule has 0 spiro atoms. The van der Waals surface area contributed by atoms with Crippen molar-refractivity contribution in [3.05, 3.63) is 23.8 Å². The zero-order valence-corrected chi connectivity index (χ0v) is 11.0. The first-order chi connectivity index (χ1) is 7.48. The molecule has 0 saturated carbocycles. The molecule has 0 aromatic heterocycles. The molecule has 0 atom stereocenters. The van der Waals surface area contributed by atoms with Crippen LogP contribution in [0.25, 0.3) is 0 Å². The molecular formula is C12H14O2S2. The normalized spacial score (nSPS) is 18.6. The van der Waals surface area contributed by atoms with Gasteiger partial charge >= 0.3 is 5.97 Å². The summed E-state index contributed by atoms with van der Waals surface area (Å²) in [4.78, 5) is 13.2. The fourth-order valence-corrected chi connectivity index (χ4v) is 4.03. The van der Waals surface area contributed by atoms with Gasteiger partial charge in [-0.3, -0.25) is 0 Å². The summed E-state index contributed by atoms with van der Waals surface area (Å²) in [6, 6.07) is 5.40. The number of thioether (sulfide) groups is 2. The van der Waals surface area contributed by atoms with Crippen molar-refractivity contribution in [3.63, 3.8) is 0 Å². The van der Waals surface area contributed by atoms with Crippen LogP contribution in [0.3, 0.4) is 0 Å². The molecule has 2 rings (SSSR count). The van der Waals surface area contributed by atoms with E-state index in [0.717, 1.165) is 16.4 Å². The van der Waals surface area contributed by atoms with Gasteiger partial charge in [0.25, 0.3) is 0 Å². The highest BCUT2D eigenvalue weighted by atomic mass is 32.2. The molecule has 0 fully saturated rings. The van der Waals surface area contributed by atoms with Crippen molar-refractivity contribution in [2.24, 2.45) is 5.41 Å². The van der Waals surface area contributed by atoms with E-state index in [1.165, 1.54) is 4.90 Å². The van der Waals surface area contributed by atoms with Crippen molar-refractivity contribution in [1.82, 2.24) is 0 Å². The molecule has 2 nitrogen and oxygen atoms in total. The van der Waals surface area contributed by atoms with Gasteiger partial charge in [-0.25, -0.2) is 4.79 Å². The predicted octanol–water partition coefficient (Wildman–Crippen LogP) is 3.61. The van der Waals surface area contributed by atoms with Crippen molar-refractivity contribution in [3.8, 4) is 0 Å². The van der Waals surface area contributed by atoms with E-state index in [4.69, 9.17) is 5.11 Å². The second-order valence-corrected chi connectivity index (χ2v) is 6.74. The molecule has 1 N–H and O–H groups in total. The van der Waals surface area contributed by atoms with Crippen molar-refractivity contribution >= 4 is 29.5 Å². The first-order valence-corrected chi connectivity index (χ1v) is 7.08. The summed E-state index contributed by atoms with van der Waals surface area (Å²) in [5, 5.41) is 8.94. The molecule has 1 aromatic rings. The second-order valence-electron chi connectivity index (χ2n) is 4.71. The molecular weight excluding hydrogens is 240 g/mol. The molecule has 0 bridgehead atoms. The summed E-state index contributed by atoms with van der Waals surface area (Å²) in [6.45, 7) is 4.49. The molecule has 0 saturated heterocycles. The largest absolute Gasteiger partial charge is 0.478 e. The van der Waals surface area contributed by atoms with E-state index in [1.54, 1.807) is 23.9 Å². The van der Waals surface area contributed by atoms with Gasteiger partial charge in [-0.2, -0.15) is 0 Å². The van der Waals surface area contributed by atoms with Gasteiger partial charge in [0.05, 0.1) is 5.56 Å². The molecule has 0 aliphatic carbocycles. The van der Waals surface area contributed by atoms with Crippen LogP contribution in [-0.4, -0.2) is 22.6 Å². The second kappa shape index (κ2) is 4.34. The highest BCUT2D eigenvalue weighted by Gasteiger charge is 2.24. The monoisotopic (exact) mass is 254 g/mol. The zero-order chi connectivity index (χ0) is 11.8. The molecule has 0 amide bonds. The van der Waals surface area contributed by atoms with Crippen LogP contribution in [0.1, 0.15) is 24.2 Å². The van der Waals surface area contributed by atoms with Crippen LogP contribution in [0, 0.1) is 5.41 Å². The van der Waals surface area contributed by atoms with Crippen LogP contribution < -0.4 is 0 Å². The maximum absolute atomic E-state index is 10.9. The van der Waals surface area contributed by atoms with Crippen molar-refractivity contribution < 1.29 is 9.90 Å². The Labute approximate surface area is 104 Å². The van der Waals surface area contributed by atoms with E-state index in [9.17, 15) is 4.79 Å². The summed E-state index contributed by atoms with van der Waals surface area (Å²) < 4.78 is 0.